The molecule has 19 heavy (non-hydrogen) atoms. The van der Waals surface area contributed by atoms with E-state index in [0.29, 0.717) is 19.3 Å². The molecular weight excluding hydrogens is 242 g/mol. The van der Waals surface area contributed by atoms with E-state index in [9.17, 15) is 9.59 Å². The lowest BCUT2D eigenvalue weighted by Crippen LogP contribution is -2.40. The van der Waals surface area contributed by atoms with Crippen molar-refractivity contribution in [2.45, 2.75) is 46.1 Å². The number of carboxylic acids is 1. The van der Waals surface area contributed by atoms with Crippen LogP contribution in [0, 0.1) is 13.8 Å². The van der Waals surface area contributed by atoms with Crippen LogP contribution in [0.4, 0.5) is 0 Å². The maximum Gasteiger partial charge on any atom is 0.326 e. The number of aryl methyl sites for hydroxylation is 3. The van der Waals surface area contributed by atoms with E-state index in [1.807, 2.05) is 26.0 Å². The van der Waals surface area contributed by atoms with Gasteiger partial charge in [-0.3, -0.25) is 4.79 Å². The summed E-state index contributed by atoms with van der Waals surface area (Å²) in [5.41, 5.74) is 3.49. The van der Waals surface area contributed by atoms with Gasteiger partial charge in [-0.05, 0) is 37.8 Å². The number of carbonyl (C=O) groups excluding carboxylic acids is 1. The first-order valence-electron chi connectivity index (χ1n) is 6.52. The van der Waals surface area contributed by atoms with Gasteiger partial charge in [0.1, 0.15) is 6.04 Å². The number of hydrogen-bond acceptors (Lipinski definition) is 2. The largest absolute Gasteiger partial charge is 0.480 e. The first-order chi connectivity index (χ1) is 8.93. The third-order valence-corrected chi connectivity index (χ3v) is 3.16. The van der Waals surface area contributed by atoms with E-state index in [0.717, 1.165) is 11.1 Å². The van der Waals surface area contributed by atoms with Crippen molar-refractivity contribution in [3.63, 3.8) is 0 Å². The fourth-order valence-electron chi connectivity index (χ4n) is 1.98. The molecule has 1 rings (SSSR count). The lowest BCUT2D eigenvalue weighted by molar-refractivity contribution is -0.141. The van der Waals surface area contributed by atoms with Crippen LogP contribution in [0.1, 0.15) is 36.5 Å². The van der Waals surface area contributed by atoms with Crippen molar-refractivity contribution in [2.24, 2.45) is 0 Å². The molecule has 0 bridgehead atoms. The van der Waals surface area contributed by atoms with Crippen molar-refractivity contribution in [3.05, 3.63) is 34.9 Å². The van der Waals surface area contributed by atoms with Crippen molar-refractivity contribution in [1.29, 1.82) is 0 Å². The van der Waals surface area contributed by atoms with Gasteiger partial charge in [0.05, 0.1) is 0 Å². The second-order valence-electron chi connectivity index (χ2n) is 4.80. The van der Waals surface area contributed by atoms with E-state index in [2.05, 4.69) is 11.4 Å². The molecular formula is C15H21NO3. The van der Waals surface area contributed by atoms with E-state index < -0.39 is 12.0 Å². The van der Waals surface area contributed by atoms with Crippen LogP contribution in [0.15, 0.2) is 18.2 Å². The van der Waals surface area contributed by atoms with E-state index >= 15 is 0 Å². The molecule has 0 spiro atoms. The summed E-state index contributed by atoms with van der Waals surface area (Å²) < 4.78 is 0. The molecule has 1 aromatic rings. The highest BCUT2D eigenvalue weighted by atomic mass is 16.4. The fraction of sp³-hybridized carbons (Fsp3) is 0.467. The number of carbonyl (C=O) groups is 2. The van der Waals surface area contributed by atoms with E-state index in [1.165, 1.54) is 5.56 Å². The van der Waals surface area contributed by atoms with Gasteiger partial charge in [0.2, 0.25) is 5.91 Å². The van der Waals surface area contributed by atoms with Crippen molar-refractivity contribution in [2.75, 3.05) is 0 Å². The zero-order chi connectivity index (χ0) is 14.4. The molecule has 1 atom stereocenters. The molecule has 0 aromatic heterocycles. The number of amides is 1. The van der Waals surface area contributed by atoms with Gasteiger partial charge in [0.15, 0.2) is 0 Å². The van der Waals surface area contributed by atoms with Gasteiger partial charge in [-0.1, -0.05) is 30.7 Å². The molecule has 104 valence electrons. The molecule has 0 aliphatic rings. The maximum absolute atomic E-state index is 11.7. The predicted octanol–water partition coefficient (Wildman–Crippen LogP) is 2.22. The summed E-state index contributed by atoms with van der Waals surface area (Å²) in [5, 5.41) is 11.4. The zero-order valence-corrected chi connectivity index (χ0v) is 11.7. The first kappa shape index (κ1) is 15.2. The number of rotatable bonds is 6. The summed E-state index contributed by atoms with van der Waals surface area (Å²) in [6.45, 7) is 5.79. The number of hydrogen-bond donors (Lipinski definition) is 2. The van der Waals surface area contributed by atoms with Gasteiger partial charge in [-0.25, -0.2) is 4.79 Å². The standard InChI is InChI=1S/C15H21NO3/c1-4-13(15(18)19)16-14(17)8-7-12-6-5-10(2)9-11(12)3/h5-6,9,13H,4,7-8H2,1-3H3,(H,16,17)(H,18,19). The molecule has 2 N–H and O–H groups in total. The zero-order valence-electron chi connectivity index (χ0n) is 11.7. The average molecular weight is 263 g/mol. The number of aliphatic carboxylic acids is 1. The van der Waals surface area contributed by atoms with Gasteiger partial charge in [0, 0.05) is 6.42 Å². The van der Waals surface area contributed by atoms with E-state index in [4.69, 9.17) is 5.11 Å². The molecule has 0 radical (unpaired) electrons. The summed E-state index contributed by atoms with van der Waals surface area (Å²) in [5.74, 6) is -1.20. The number of carboxylic acid groups (broad SMARTS) is 1. The van der Waals surface area contributed by atoms with Crippen molar-refractivity contribution < 1.29 is 14.7 Å². The Morgan fingerprint density at radius 3 is 2.53 bits per heavy atom. The molecule has 0 heterocycles. The van der Waals surface area contributed by atoms with Gasteiger partial charge in [0.25, 0.3) is 0 Å². The minimum atomic E-state index is -0.984. The number of nitrogens with one attached hydrogen (secondary N) is 1. The Bertz CT molecular complexity index is 468. The quantitative estimate of drug-likeness (QED) is 0.827. The predicted molar refractivity (Wildman–Crippen MR) is 74.1 cm³/mol. The molecule has 0 saturated heterocycles. The Hall–Kier alpha value is -1.84. The molecule has 4 nitrogen and oxygen atoms in total. The average Bonchev–Trinajstić information content (AvgIpc) is 2.34. The Morgan fingerprint density at radius 1 is 1.32 bits per heavy atom. The highest BCUT2D eigenvalue weighted by Gasteiger charge is 2.17. The molecule has 0 saturated carbocycles. The Morgan fingerprint density at radius 2 is 2.00 bits per heavy atom. The van der Waals surface area contributed by atoms with Crippen LogP contribution in [0.3, 0.4) is 0 Å². The maximum atomic E-state index is 11.7. The normalized spacial score (nSPS) is 11.9. The van der Waals surface area contributed by atoms with Crippen LogP contribution in [0.5, 0.6) is 0 Å². The van der Waals surface area contributed by atoms with Crippen LogP contribution >= 0.6 is 0 Å². The van der Waals surface area contributed by atoms with Gasteiger partial charge in [-0.15, -0.1) is 0 Å². The summed E-state index contributed by atoms with van der Waals surface area (Å²) >= 11 is 0. The first-order valence-corrected chi connectivity index (χ1v) is 6.52. The molecule has 0 aliphatic carbocycles. The molecule has 0 fully saturated rings. The smallest absolute Gasteiger partial charge is 0.326 e. The summed E-state index contributed by atoms with van der Waals surface area (Å²) in [6.07, 6.45) is 1.34. The Kier molecular flexibility index (Phi) is 5.55. The second kappa shape index (κ2) is 6.92. The lowest BCUT2D eigenvalue weighted by atomic mass is 10.0. The van der Waals surface area contributed by atoms with Crippen molar-refractivity contribution in [1.82, 2.24) is 5.32 Å². The van der Waals surface area contributed by atoms with Crippen LogP contribution in [0.2, 0.25) is 0 Å². The topological polar surface area (TPSA) is 66.4 Å². The van der Waals surface area contributed by atoms with Crippen LogP contribution < -0.4 is 5.32 Å². The van der Waals surface area contributed by atoms with Gasteiger partial charge < -0.3 is 10.4 Å². The number of benzene rings is 1. The third-order valence-electron chi connectivity index (χ3n) is 3.16. The second-order valence-corrected chi connectivity index (χ2v) is 4.80. The van der Waals surface area contributed by atoms with E-state index in [-0.39, 0.29) is 5.91 Å². The monoisotopic (exact) mass is 263 g/mol. The summed E-state index contributed by atoms with van der Waals surface area (Å²) in [4.78, 5) is 22.5. The lowest BCUT2D eigenvalue weighted by Gasteiger charge is -2.12. The molecule has 1 aromatic carbocycles. The minimum Gasteiger partial charge on any atom is -0.480 e. The fourth-order valence-corrected chi connectivity index (χ4v) is 1.98. The summed E-state index contributed by atoms with van der Waals surface area (Å²) in [6, 6.07) is 5.34. The van der Waals surface area contributed by atoms with Crippen LogP contribution in [0.25, 0.3) is 0 Å². The van der Waals surface area contributed by atoms with Crippen molar-refractivity contribution in [3.8, 4) is 0 Å². The van der Waals surface area contributed by atoms with Gasteiger partial charge in [-0.2, -0.15) is 0 Å². The SMILES string of the molecule is CCC(NC(=O)CCc1ccc(C)cc1C)C(=O)O. The van der Waals surface area contributed by atoms with E-state index in [1.54, 1.807) is 6.92 Å². The molecule has 4 heteroatoms. The third kappa shape index (κ3) is 4.73. The van der Waals surface area contributed by atoms with Gasteiger partial charge >= 0.3 is 5.97 Å². The van der Waals surface area contributed by atoms with Crippen LogP contribution in [-0.2, 0) is 16.0 Å². The minimum absolute atomic E-state index is 0.214. The molecule has 0 aliphatic heterocycles. The highest BCUT2D eigenvalue weighted by molar-refractivity contribution is 5.83. The molecule has 1 unspecified atom stereocenters. The Balaban J connectivity index is 2.52. The summed E-state index contributed by atoms with van der Waals surface area (Å²) in [7, 11) is 0. The van der Waals surface area contributed by atoms with Crippen LogP contribution in [-0.4, -0.2) is 23.0 Å². The molecule has 1 amide bonds. The Labute approximate surface area is 113 Å². The highest BCUT2D eigenvalue weighted by Crippen LogP contribution is 2.12. The van der Waals surface area contributed by atoms with Crippen molar-refractivity contribution >= 4 is 11.9 Å².